The van der Waals surface area contributed by atoms with Crippen molar-refractivity contribution in [2.75, 3.05) is 26.2 Å². The molecular formula is C17H24N3O3+. The number of amides is 1. The van der Waals surface area contributed by atoms with Crippen LogP contribution in [0.25, 0.3) is 0 Å². The topological polar surface area (TPSA) is 67.9 Å². The Bertz CT molecular complexity index is 559. The smallest absolute Gasteiger partial charge is 0.269 e. The molecule has 0 radical (unpaired) electrons. The van der Waals surface area contributed by atoms with Crippen LogP contribution in [0.1, 0.15) is 42.5 Å². The van der Waals surface area contributed by atoms with Gasteiger partial charge in [-0.25, -0.2) is 0 Å². The van der Waals surface area contributed by atoms with Gasteiger partial charge >= 0.3 is 0 Å². The van der Waals surface area contributed by atoms with Crippen molar-refractivity contribution < 1.29 is 14.6 Å². The number of benzene rings is 1. The third-order valence-electron chi connectivity index (χ3n) is 5.20. The Morgan fingerprint density at radius 1 is 1.09 bits per heavy atom. The molecule has 0 aromatic heterocycles. The molecule has 1 aliphatic heterocycles. The van der Waals surface area contributed by atoms with Crippen molar-refractivity contribution in [1.29, 1.82) is 0 Å². The highest BCUT2D eigenvalue weighted by atomic mass is 16.6. The van der Waals surface area contributed by atoms with Gasteiger partial charge in [0.2, 0.25) is 0 Å². The molecule has 3 rings (SSSR count). The molecule has 1 aromatic carbocycles. The number of nitro groups is 1. The van der Waals surface area contributed by atoms with Gasteiger partial charge in [-0.1, -0.05) is 6.42 Å². The molecule has 124 valence electrons. The Morgan fingerprint density at radius 3 is 2.26 bits per heavy atom. The van der Waals surface area contributed by atoms with Gasteiger partial charge in [-0.05, 0) is 37.8 Å². The number of quaternary nitrogens is 1. The maximum atomic E-state index is 12.5. The summed E-state index contributed by atoms with van der Waals surface area (Å²) < 4.78 is 0. The third-order valence-corrected chi connectivity index (χ3v) is 5.20. The zero-order valence-electron chi connectivity index (χ0n) is 13.4. The molecule has 2 fully saturated rings. The van der Waals surface area contributed by atoms with Gasteiger partial charge in [0.05, 0.1) is 37.1 Å². The number of carbonyl (C=O) groups is 1. The van der Waals surface area contributed by atoms with Crippen LogP contribution in [-0.4, -0.2) is 48.0 Å². The summed E-state index contributed by atoms with van der Waals surface area (Å²) in [5, 5.41) is 10.7. The fourth-order valence-electron chi connectivity index (χ4n) is 3.82. The fraction of sp³-hybridized carbons (Fsp3) is 0.588. The number of nitrogens with zero attached hydrogens (tertiary/aromatic N) is 2. The van der Waals surface area contributed by atoms with Crippen LogP contribution in [0.2, 0.25) is 0 Å². The van der Waals surface area contributed by atoms with Crippen LogP contribution < -0.4 is 4.90 Å². The first kappa shape index (κ1) is 15.9. The summed E-state index contributed by atoms with van der Waals surface area (Å²) in [4.78, 5) is 26.3. The molecule has 1 saturated heterocycles. The van der Waals surface area contributed by atoms with Gasteiger partial charge in [0.25, 0.3) is 11.6 Å². The normalized spacial score (nSPS) is 20.4. The van der Waals surface area contributed by atoms with Crippen molar-refractivity contribution in [3.8, 4) is 0 Å². The quantitative estimate of drug-likeness (QED) is 0.674. The summed E-state index contributed by atoms with van der Waals surface area (Å²) in [7, 11) is 0. The molecule has 1 saturated carbocycles. The van der Waals surface area contributed by atoms with E-state index in [9.17, 15) is 14.9 Å². The van der Waals surface area contributed by atoms with Gasteiger partial charge in [0, 0.05) is 17.7 Å². The van der Waals surface area contributed by atoms with Gasteiger partial charge < -0.3 is 9.80 Å². The molecule has 1 heterocycles. The molecule has 0 unspecified atom stereocenters. The minimum atomic E-state index is -0.444. The van der Waals surface area contributed by atoms with E-state index in [0.29, 0.717) is 5.56 Å². The van der Waals surface area contributed by atoms with Crippen LogP contribution in [0.3, 0.4) is 0 Å². The predicted octanol–water partition coefficient (Wildman–Crippen LogP) is 1.27. The average molecular weight is 318 g/mol. The number of carbonyl (C=O) groups excluding carboxylic acids is 1. The van der Waals surface area contributed by atoms with Crippen LogP contribution in [0, 0.1) is 10.1 Å². The Hall–Kier alpha value is -1.95. The average Bonchev–Trinajstić information content (AvgIpc) is 2.62. The summed E-state index contributed by atoms with van der Waals surface area (Å²) in [5.74, 6) is -0.0115. The van der Waals surface area contributed by atoms with Crippen molar-refractivity contribution in [3.63, 3.8) is 0 Å². The van der Waals surface area contributed by atoms with Gasteiger partial charge in [0.15, 0.2) is 0 Å². The van der Waals surface area contributed by atoms with E-state index in [0.717, 1.165) is 32.2 Å². The molecule has 0 atom stereocenters. The number of nitro benzene ring substituents is 1. The molecule has 1 amide bonds. The second-order valence-electron chi connectivity index (χ2n) is 6.59. The summed E-state index contributed by atoms with van der Waals surface area (Å²) in [6, 6.07) is 6.69. The molecule has 1 N–H and O–H groups in total. The molecule has 1 aromatic rings. The van der Waals surface area contributed by atoms with Crippen molar-refractivity contribution in [3.05, 3.63) is 39.9 Å². The number of hydrogen-bond acceptors (Lipinski definition) is 3. The first-order chi connectivity index (χ1) is 11.1. The lowest BCUT2D eigenvalue weighted by Crippen LogP contribution is -3.18. The molecule has 23 heavy (non-hydrogen) atoms. The lowest BCUT2D eigenvalue weighted by Gasteiger charge is -2.38. The van der Waals surface area contributed by atoms with Crippen LogP contribution in [0.5, 0.6) is 0 Å². The summed E-state index contributed by atoms with van der Waals surface area (Å²) in [6.07, 6.45) is 6.71. The standard InChI is InChI=1S/C17H23N3O3/c21-17(14-6-8-16(9-7-14)20(22)23)19-12-10-18(11-13-19)15-4-2-1-3-5-15/h6-9,15H,1-5,10-13H2/p+1. The van der Waals surface area contributed by atoms with E-state index in [1.54, 1.807) is 17.0 Å². The maximum absolute atomic E-state index is 12.5. The zero-order chi connectivity index (χ0) is 16.2. The van der Waals surface area contributed by atoms with E-state index in [1.807, 2.05) is 4.90 Å². The first-order valence-corrected chi connectivity index (χ1v) is 8.53. The number of rotatable bonds is 3. The predicted molar refractivity (Wildman–Crippen MR) is 86.6 cm³/mol. The van der Waals surface area contributed by atoms with E-state index >= 15 is 0 Å². The lowest BCUT2D eigenvalue weighted by molar-refractivity contribution is -0.930. The summed E-state index contributed by atoms with van der Waals surface area (Å²) >= 11 is 0. The van der Waals surface area contributed by atoms with Gasteiger partial charge in [0.1, 0.15) is 0 Å². The molecule has 6 heteroatoms. The van der Waals surface area contributed by atoms with Crippen LogP contribution in [0.4, 0.5) is 5.69 Å². The Balaban J connectivity index is 1.56. The lowest BCUT2D eigenvalue weighted by atomic mass is 9.94. The van der Waals surface area contributed by atoms with Crippen molar-refractivity contribution in [1.82, 2.24) is 4.90 Å². The van der Waals surface area contributed by atoms with E-state index in [-0.39, 0.29) is 11.6 Å². The van der Waals surface area contributed by atoms with Gasteiger partial charge in [-0.3, -0.25) is 14.9 Å². The summed E-state index contributed by atoms with van der Waals surface area (Å²) in [5.41, 5.74) is 0.560. The van der Waals surface area contributed by atoms with E-state index in [4.69, 9.17) is 0 Å². The minimum Gasteiger partial charge on any atom is -0.330 e. The monoisotopic (exact) mass is 318 g/mol. The van der Waals surface area contributed by atoms with Gasteiger partial charge in [-0.2, -0.15) is 0 Å². The molecule has 2 aliphatic rings. The SMILES string of the molecule is O=C(c1ccc([N+](=O)[O-])cc1)N1CC[NH+](C2CCCCC2)CC1. The largest absolute Gasteiger partial charge is 0.330 e. The van der Waals surface area contributed by atoms with Crippen LogP contribution in [-0.2, 0) is 0 Å². The number of nitrogens with one attached hydrogen (secondary N) is 1. The van der Waals surface area contributed by atoms with Crippen molar-refractivity contribution in [2.45, 2.75) is 38.1 Å². The highest BCUT2D eigenvalue weighted by Crippen LogP contribution is 2.16. The van der Waals surface area contributed by atoms with Crippen LogP contribution >= 0.6 is 0 Å². The molecule has 0 bridgehead atoms. The molecule has 1 aliphatic carbocycles. The number of piperazine rings is 1. The van der Waals surface area contributed by atoms with Gasteiger partial charge in [-0.15, -0.1) is 0 Å². The first-order valence-electron chi connectivity index (χ1n) is 8.53. The van der Waals surface area contributed by atoms with E-state index in [1.165, 1.54) is 44.2 Å². The Kier molecular flexibility index (Phi) is 4.91. The minimum absolute atomic E-state index is 0.0115. The molecular weight excluding hydrogens is 294 g/mol. The Morgan fingerprint density at radius 2 is 1.70 bits per heavy atom. The summed E-state index contributed by atoms with van der Waals surface area (Å²) in [6.45, 7) is 3.59. The van der Waals surface area contributed by atoms with Crippen molar-refractivity contribution >= 4 is 11.6 Å². The number of hydrogen-bond donors (Lipinski definition) is 1. The second kappa shape index (κ2) is 7.08. The third kappa shape index (κ3) is 3.69. The van der Waals surface area contributed by atoms with Crippen molar-refractivity contribution in [2.24, 2.45) is 0 Å². The molecule has 0 spiro atoms. The highest BCUT2D eigenvalue weighted by molar-refractivity contribution is 5.94. The fourth-order valence-corrected chi connectivity index (χ4v) is 3.82. The van der Waals surface area contributed by atoms with Crippen LogP contribution in [0.15, 0.2) is 24.3 Å². The maximum Gasteiger partial charge on any atom is 0.269 e. The van der Waals surface area contributed by atoms with E-state index < -0.39 is 4.92 Å². The zero-order valence-corrected chi connectivity index (χ0v) is 13.4. The Labute approximate surface area is 136 Å². The van der Waals surface area contributed by atoms with E-state index in [2.05, 4.69) is 0 Å². The highest BCUT2D eigenvalue weighted by Gasteiger charge is 2.30. The molecule has 6 nitrogen and oxygen atoms in total. The number of non-ortho nitro benzene ring substituents is 1. The second-order valence-corrected chi connectivity index (χ2v) is 6.59.